The molecule has 0 unspecified atom stereocenters. The van der Waals surface area contributed by atoms with Crippen LogP contribution in [0.4, 0.5) is 5.82 Å². The highest BCUT2D eigenvalue weighted by atomic mass is 32.2. The Morgan fingerprint density at radius 1 is 1.04 bits per heavy atom. The number of benzene rings is 2. The van der Waals surface area contributed by atoms with Crippen molar-refractivity contribution in [1.29, 1.82) is 0 Å². The molecule has 1 aromatic heterocycles. The second-order valence-corrected chi connectivity index (χ2v) is 7.25. The van der Waals surface area contributed by atoms with Gasteiger partial charge in [0, 0.05) is 5.39 Å². The number of anilines is 1. The molecule has 0 aliphatic rings. The van der Waals surface area contributed by atoms with Crippen molar-refractivity contribution in [2.24, 2.45) is 0 Å². The Morgan fingerprint density at radius 3 is 2.30 bits per heavy atom. The molecule has 6 heteroatoms. The van der Waals surface area contributed by atoms with E-state index < -0.39 is 10.0 Å². The second-order valence-electron chi connectivity index (χ2n) is 5.47. The van der Waals surface area contributed by atoms with Gasteiger partial charge in [0.05, 0.1) is 16.0 Å². The molecule has 118 valence electrons. The summed E-state index contributed by atoms with van der Waals surface area (Å²) in [6.45, 7) is 3.70. The minimum absolute atomic E-state index is 0.0649. The van der Waals surface area contributed by atoms with Gasteiger partial charge in [-0.15, -0.1) is 0 Å². The molecule has 2 aromatic carbocycles. The first kappa shape index (κ1) is 15.3. The molecule has 3 aromatic rings. The Hall–Kier alpha value is -2.60. The summed E-state index contributed by atoms with van der Waals surface area (Å²) >= 11 is 0. The van der Waals surface area contributed by atoms with Crippen molar-refractivity contribution in [3.63, 3.8) is 0 Å². The molecule has 0 bridgehead atoms. The van der Waals surface area contributed by atoms with Crippen LogP contribution in [0.5, 0.6) is 0 Å². The number of nitrogen functional groups attached to an aromatic ring is 1. The van der Waals surface area contributed by atoms with Crippen molar-refractivity contribution in [3.8, 4) is 0 Å². The summed E-state index contributed by atoms with van der Waals surface area (Å²) in [5.41, 5.74) is 8.37. The number of nitrogens with zero attached hydrogens (tertiary/aromatic N) is 1. The van der Waals surface area contributed by atoms with E-state index in [9.17, 15) is 13.2 Å². The number of hydrogen-bond donors (Lipinski definition) is 1. The van der Waals surface area contributed by atoms with Crippen LogP contribution in [0.2, 0.25) is 0 Å². The van der Waals surface area contributed by atoms with Gasteiger partial charge >= 0.3 is 0 Å². The maximum Gasteiger partial charge on any atom is 0.269 e. The van der Waals surface area contributed by atoms with Crippen LogP contribution in [0.15, 0.2) is 47.4 Å². The lowest BCUT2D eigenvalue weighted by molar-refractivity contribution is 0.112. The van der Waals surface area contributed by atoms with E-state index in [-0.39, 0.29) is 16.3 Å². The summed E-state index contributed by atoms with van der Waals surface area (Å²) < 4.78 is 27.0. The molecule has 0 spiro atoms. The van der Waals surface area contributed by atoms with Crippen LogP contribution in [0.3, 0.4) is 0 Å². The number of aryl methyl sites for hydroxylation is 2. The zero-order valence-electron chi connectivity index (χ0n) is 12.8. The van der Waals surface area contributed by atoms with Gasteiger partial charge in [0.15, 0.2) is 6.29 Å². The lowest BCUT2D eigenvalue weighted by atomic mass is 10.1. The number of nitrogens with two attached hydrogens (primary N) is 1. The first-order valence-corrected chi connectivity index (χ1v) is 8.49. The lowest BCUT2D eigenvalue weighted by Gasteiger charge is -2.10. The molecule has 0 atom stereocenters. The number of rotatable bonds is 3. The SMILES string of the molecule is Cc1ccc(S(=O)(=O)n2c(N)c(C=O)c3c(C)cccc32)cc1. The van der Waals surface area contributed by atoms with Crippen LogP contribution in [0.1, 0.15) is 21.5 Å². The number of fused-ring (bicyclic) bond motifs is 1. The van der Waals surface area contributed by atoms with Crippen molar-refractivity contribution in [2.75, 3.05) is 5.73 Å². The van der Waals surface area contributed by atoms with Gasteiger partial charge in [-0.1, -0.05) is 29.8 Å². The molecule has 0 saturated carbocycles. The monoisotopic (exact) mass is 328 g/mol. The standard InChI is InChI=1S/C17H16N2O3S/c1-11-6-8-13(9-7-11)23(21,22)19-15-5-3-4-12(2)16(15)14(10-20)17(19)18/h3-10H,18H2,1-2H3. The van der Waals surface area contributed by atoms with E-state index in [2.05, 4.69) is 0 Å². The van der Waals surface area contributed by atoms with Gasteiger partial charge in [0.1, 0.15) is 5.82 Å². The fourth-order valence-electron chi connectivity index (χ4n) is 2.73. The molecule has 3 rings (SSSR count). The van der Waals surface area contributed by atoms with Crippen molar-refractivity contribution in [2.45, 2.75) is 18.7 Å². The molecular formula is C17H16N2O3S. The highest BCUT2D eigenvalue weighted by Gasteiger charge is 2.26. The normalized spacial score (nSPS) is 11.7. The molecule has 2 N–H and O–H groups in total. The van der Waals surface area contributed by atoms with Gasteiger partial charge in [-0.2, -0.15) is 0 Å². The Balaban J connectivity index is 2.40. The van der Waals surface area contributed by atoms with E-state index in [0.717, 1.165) is 15.1 Å². The van der Waals surface area contributed by atoms with Gasteiger partial charge in [0.2, 0.25) is 0 Å². The van der Waals surface area contributed by atoms with Crippen LogP contribution in [0.25, 0.3) is 10.9 Å². The second kappa shape index (κ2) is 5.24. The molecule has 0 radical (unpaired) electrons. The van der Waals surface area contributed by atoms with Gasteiger partial charge in [-0.05, 0) is 37.6 Å². The first-order valence-electron chi connectivity index (χ1n) is 7.05. The fourth-order valence-corrected chi connectivity index (χ4v) is 4.19. The zero-order chi connectivity index (χ0) is 16.8. The molecule has 5 nitrogen and oxygen atoms in total. The minimum Gasteiger partial charge on any atom is -0.384 e. The topological polar surface area (TPSA) is 82.2 Å². The molecule has 1 heterocycles. The van der Waals surface area contributed by atoms with E-state index in [1.54, 1.807) is 24.3 Å². The third-order valence-corrected chi connectivity index (χ3v) is 5.65. The van der Waals surface area contributed by atoms with E-state index in [1.807, 2.05) is 19.9 Å². The maximum atomic E-state index is 13.0. The molecule has 0 saturated heterocycles. The number of hydrogen-bond acceptors (Lipinski definition) is 4. The summed E-state index contributed by atoms with van der Waals surface area (Å²) in [5.74, 6) is -0.0649. The Labute approximate surface area is 134 Å². The smallest absolute Gasteiger partial charge is 0.269 e. The average Bonchev–Trinajstić information content (AvgIpc) is 2.81. The van der Waals surface area contributed by atoms with E-state index in [4.69, 9.17) is 5.73 Å². The van der Waals surface area contributed by atoms with Crippen molar-refractivity contribution in [1.82, 2.24) is 3.97 Å². The largest absolute Gasteiger partial charge is 0.384 e. The zero-order valence-corrected chi connectivity index (χ0v) is 13.6. The summed E-state index contributed by atoms with van der Waals surface area (Å²) in [6.07, 6.45) is 0.603. The highest BCUT2D eigenvalue weighted by Crippen LogP contribution is 2.33. The third kappa shape index (κ3) is 2.22. The van der Waals surface area contributed by atoms with E-state index in [1.165, 1.54) is 12.1 Å². The number of carbonyl (C=O) groups is 1. The average molecular weight is 328 g/mol. The minimum atomic E-state index is -3.89. The Bertz CT molecular complexity index is 1020. The third-order valence-electron chi connectivity index (χ3n) is 3.91. The lowest BCUT2D eigenvalue weighted by Crippen LogP contribution is -2.15. The predicted octanol–water partition coefficient (Wildman–Crippen LogP) is 2.89. The molecule has 0 fully saturated rings. The van der Waals surface area contributed by atoms with E-state index in [0.29, 0.717) is 17.2 Å². The first-order chi connectivity index (χ1) is 10.9. The highest BCUT2D eigenvalue weighted by molar-refractivity contribution is 7.90. The van der Waals surface area contributed by atoms with Crippen molar-refractivity contribution in [3.05, 3.63) is 59.2 Å². The van der Waals surface area contributed by atoms with Crippen molar-refractivity contribution < 1.29 is 13.2 Å². The molecule has 0 aliphatic carbocycles. The van der Waals surface area contributed by atoms with Crippen LogP contribution in [-0.4, -0.2) is 18.7 Å². The Kier molecular flexibility index (Phi) is 3.49. The maximum absolute atomic E-state index is 13.0. The summed E-state index contributed by atoms with van der Waals surface area (Å²) in [4.78, 5) is 11.6. The molecule has 23 heavy (non-hydrogen) atoms. The quantitative estimate of drug-likeness (QED) is 0.750. The van der Waals surface area contributed by atoms with Crippen LogP contribution in [0, 0.1) is 13.8 Å². The van der Waals surface area contributed by atoms with Gasteiger partial charge < -0.3 is 5.73 Å². The summed E-state index contributed by atoms with van der Waals surface area (Å²) in [6, 6.07) is 11.7. The van der Waals surface area contributed by atoms with E-state index >= 15 is 0 Å². The number of aldehydes is 1. The number of aromatic nitrogens is 1. The van der Waals surface area contributed by atoms with Gasteiger partial charge in [-0.3, -0.25) is 4.79 Å². The predicted molar refractivity (Wildman–Crippen MR) is 90.2 cm³/mol. The van der Waals surface area contributed by atoms with Crippen LogP contribution < -0.4 is 5.73 Å². The summed E-state index contributed by atoms with van der Waals surface area (Å²) in [7, 11) is -3.89. The van der Waals surface area contributed by atoms with Crippen LogP contribution in [-0.2, 0) is 10.0 Å². The Morgan fingerprint density at radius 2 is 1.70 bits per heavy atom. The summed E-state index contributed by atoms with van der Waals surface area (Å²) in [5, 5.41) is 0.565. The molecular weight excluding hydrogens is 312 g/mol. The molecule has 0 amide bonds. The van der Waals surface area contributed by atoms with Crippen LogP contribution >= 0.6 is 0 Å². The molecule has 0 aliphatic heterocycles. The number of carbonyl (C=O) groups excluding carboxylic acids is 1. The van der Waals surface area contributed by atoms with Gasteiger partial charge in [-0.25, -0.2) is 12.4 Å². The van der Waals surface area contributed by atoms with Crippen molar-refractivity contribution >= 4 is 33.0 Å². The fraction of sp³-hybridized carbons (Fsp3) is 0.118. The van der Waals surface area contributed by atoms with Gasteiger partial charge in [0.25, 0.3) is 10.0 Å².